The molecule has 6 heteroatoms. The maximum atomic E-state index is 11.9. The van der Waals surface area contributed by atoms with Crippen molar-refractivity contribution in [3.05, 3.63) is 28.7 Å². The molecule has 0 amide bonds. The lowest BCUT2D eigenvalue weighted by Gasteiger charge is -2.10. The van der Waals surface area contributed by atoms with Crippen LogP contribution in [0.5, 0.6) is 0 Å². The van der Waals surface area contributed by atoms with Crippen molar-refractivity contribution in [2.45, 2.75) is 23.1 Å². The Morgan fingerprint density at radius 2 is 2.00 bits per heavy atom. The molecule has 0 aliphatic heterocycles. The van der Waals surface area contributed by atoms with Gasteiger partial charge in [-0.1, -0.05) is 35.0 Å². The standard InChI is InChI=1S/C10H13Br2NO2S/c1-2-8(11)7-13-16(14,15)10-6-4-3-5-9(10)12/h3-6,8,13H,2,7H2,1H3. The average molecular weight is 371 g/mol. The van der Waals surface area contributed by atoms with Gasteiger partial charge in [-0.3, -0.25) is 0 Å². The first kappa shape index (κ1) is 14.2. The van der Waals surface area contributed by atoms with Crippen LogP contribution >= 0.6 is 31.9 Å². The summed E-state index contributed by atoms with van der Waals surface area (Å²) >= 11 is 6.61. The summed E-state index contributed by atoms with van der Waals surface area (Å²) in [5, 5.41) is 0. The molecule has 0 aromatic heterocycles. The number of hydrogen-bond acceptors (Lipinski definition) is 2. The quantitative estimate of drug-likeness (QED) is 0.810. The van der Waals surface area contributed by atoms with Gasteiger partial charge < -0.3 is 0 Å². The second-order valence-electron chi connectivity index (χ2n) is 3.29. The largest absolute Gasteiger partial charge is 0.241 e. The van der Waals surface area contributed by atoms with Gasteiger partial charge in [0, 0.05) is 15.8 Å². The van der Waals surface area contributed by atoms with Gasteiger partial charge in [-0.05, 0) is 34.5 Å². The van der Waals surface area contributed by atoms with Crippen LogP contribution in [0.4, 0.5) is 0 Å². The molecular formula is C10H13Br2NO2S. The van der Waals surface area contributed by atoms with Crippen molar-refractivity contribution < 1.29 is 8.42 Å². The summed E-state index contributed by atoms with van der Waals surface area (Å²) in [7, 11) is -3.42. The SMILES string of the molecule is CCC(Br)CNS(=O)(=O)c1ccccc1Br. The number of hydrogen-bond donors (Lipinski definition) is 1. The molecule has 0 aliphatic carbocycles. The van der Waals surface area contributed by atoms with Crippen molar-refractivity contribution in [2.75, 3.05) is 6.54 Å². The Morgan fingerprint density at radius 3 is 2.56 bits per heavy atom. The van der Waals surface area contributed by atoms with Crippen molar-refractivity contribution >= 4 is 41.9 Å². The normalized spacial score (nSPS) is 13.7. The van der Waals surface area contributed by atoms with Gasteiger partial charge in [0.15, 0.2) is 0 Å². The predicted molar refractivity (Wildman–Crippen MR) is 72.3 cm³/mol. The molecule has 0 saturated carbocycles. The van der Waals surface area contributed by atoms with Crippen LogP contribution in [-0.4, -0.2) is 19.8 Å². The molecule has 90 valence electrons. The molecular weight excluding hydrogens is 358 g/mol. The predicted octanol–water partition coefficient (Wildman–Crippen LogP) is 2.90. The zero-order valence-electron chi connectivity index (χ0n) is 8.78. The first-order chi connectivity index (χ1) is 7.47. The molecule has 1 rings (SSSR count). The summed E-state index contributed by atoms with van der Waals surface area (Å²) in [5.74, 6) is 0. The Kier molecular flexibility index (Phi) is 5.43. The number of sulfonamides is 1. The topological polar surface area (TPSA) is 46.2 Å². The molecule has 1 atom stereocenters. The van der Waals surface area contributed by atoms with Crippen molar-refractivity contribution in [3.8, 4) is 0 Å². The Hall–Kier alpha value is 0.0900. The third-order valence-electron chi connectivity index (χ3n) is 2.06. The van der Waals surface area contributed by atoms with E-state index < -0.39 is 10.0 Å². The smallest absolute Gasteiger partial charge is 0.210 e. The number of nitrogens with one attached hydrogen (secondary N) is 1. The van der Waals surface area contributed by atoms with Crippen LogP contribution in [0.25, 0.3) is 0 Å². The fourth-order valence-corrected chi connectivity index (χ4v) is 3.54. The van der Waals surface area contributed by atoms with E-state index in [9.17, 15) is 8.42 Å². The van der Waals surface area contributed by atoms with Crippen LogP contribution in [0.2, 0.25) is 0 Å². The monoisotopic (exact) mass is 369 g/mol. The second kappa shape index (κ2) is 6.14. The molecule has 0 fully saturated rings. The summed E-state index contributed by atoms with van der Waals surface area (Å²) < 4.78 is 27.0. The van der Waals surface area contributed by atoms with Crippen molar-refractivity contribution in [3.63, 3.8) is 0 Å². The maximum absolute atomic E-state index is 11.9. The summed E-state index contributed by atoms with van der Waals surface area (Å²) in [6, 6.07) is 6.76. The summed E-state index contributed by atoms with van der Waals surface area (Å²) in [6.07, 6.45) is 0.873. The van der Waals surface area contributed by atoms with Crippen molar-refractivity contribution in [1.82, 2.24) is 4.72 Å². The lowest BCUT2D eigenvalue weighted by atomic mass is 10.3. The minimum absolute atomic E-state index is 0.157. The van der Waals surface area contributed by atoms with E-state index in [1.807, 2.05) is 6.92 Å². The van der Waals surface area contributed by atoms with E-state index in [-0.39, 0.29) is 9.72 Å². The van der Waals surface area contributed by atoms with Crippen molar-refractivity contribution in [2.24, 2.45) is 0 Å². The van der Waals surface area contributed by atoms with Crippen LogP contribution in [0.3, 0.4) is 0 Å². The Labute approximate surface area is 113 Å². The van der Waals surface area contributed by atoms with E-state index in [1.165, 1.54) is 0 Å². The minimum Gasteiger partial charge on any atom is -0.210 e. The van der Waals surface area contributed by atoms with Crippen LogP contribution in [0.1, 0.15) is 13.3 Å². The highest BCUT2D eigenvalue weighted by Gasteiger charge is 2.17. The van der Waals surface area contributed by atoms with Gasteiger partial charge in [0.05, 0.1) is 4.90 Å². The number of alkyl halides is 1. The minimum atomic E-state index is -3.42. The first-order valence-corrected chi connectivity index (χ1v) is 8.05. The Morgan fingerprint density at radius 1 is 1.38 bits per heavy atom. The Balaban J connectivity index is 2.83. The number of halogens is 2. The third-order valence-corrected chi connectivity index (χ3v) is 5.47. The van der Waals surface area contributed by atoms with Crippen LogP contribution in [0.15, 0.2) is 33.6 Å². The number of benzene rings is 1. The summed E-state index contributed by atoms with van der Waals surface area (Å²) in [5.41, 5.74) is 0. The molecule has 1 aromatic rings. The van der Waals surface area contributed by atoms with E-state index in [1.54, 1.807) is 24.3 Å². The lowest BCUT2D eigenvalue weighted by Crippen LogP contribution is -2.29. The highest BCUT2D eigenvalue weighted by atomic mass is 79.9. The van der Waals surface area contributed by atoms with Crippen LogP contribution in [-0.2, 0) is 10.0 Å². The van der Waals surface area contributed by atoms with Gasteiger partial charge in [-0.25, -0.2) is 13.1 Å². The van der Waals surface area contributed by atoms with Gasteiger partial charge >= 0.3 is 0 Å². The third kappa shape index (κ3) is 3.84. The lowest BCUT2D eigenvalue weighted by molar-refractivity contribution is 0.579. The highest BCUT2D eigenvalue weighted by molar-refractivity contribution is 9.10. The fraction of sp³-hybridized carbons (Fsp3) is 0.400. The molecule has 0 bridgehead atoms. The number of rotatable bonds is 5. The average Bonchev–Trinajstić information content (AvgIpc) is 2.26. The molecule has 3 nitrogen and oxygen atoms in total. The zero-order valence-corrected chi connectivity index (χ0v) is 12.8. The Bertz CT molecular complexity index is 448. The van der Waals surface area contributed by atoms with Crippen LogP contribution < -0.4 is 4.72 Å². The second-order valence-corrected chi connectivity index (χ2v) is 7.17. The molecule has 0 spiro atoms. The molecule has 0 saturated heterocycles. The van der Waals surface area contributed by atoms with Gasteiger partial charge in [0.2, 0.25) is 10.0 Å². The highest BCUT2D eigenvalue weighted by Crippen LogP contribution is 2.20. The summed E-state index contributed by atoms with van der Waals surface area (Å²) in [4.78, 5) is 0.426. The van der Waals surface area contributed by atoms with Crippen molar-refractivity contribution in [1.29, 1.82) is 0 Å². The molecule has 1 N–H and O–H groups in total. The molecule has 0 heterocycles. The van der Waals surface area contributed by atoms with E-state index in [0.717, 1.165) is 6.42 Å². The molecule has 1 unspecified atom stereocenters. The molecule has 16 heavy (non-hydrogen) atoms. The van der Waals surface area contributed by atoms with E-state index in [2.05, 4.69) is 36.6 Å². The van der Waals surface area contributed by atoms with E-state index in [4.69, 9.17) is 0 Å². The zero-order chi connectivity index (χ0) is 12.2. The van der Waals surface area contributed by atoms with Gasteiger partial charge in [-0.15, -0.1) is 0 Å². The maximum Gasteiger partial charge on any atom is 0.241 e. The van der Waals surface area contributed by atoms with Gasteiger partial charge in [0.25, 0.3) is 0 Å². The van der Waals surface area contributed by atoms with E-state index >= 15 is 0 Å². The summed E-state index contributed by atoms with van der Waals surface area (Å²) in [6.45, 7) is 2.38. The molecule has 0 radical (unpaired) electrons. The van der Waals surface area contributed by atoms with E-state index in [0.29, 0.717) is 11.0 Å². The fourth-order valence-electron chi connectivity index (χ4n) is 1.08. The molecule has 0 aliphatic rings. The van der Waals surface area contributed by atoms with Gasteiger partial charge in [-0.2, -0.15) is 0 Å². The van der Waals surface area contributed by atoms with Gasteiger partial charge in [0.1, 0.15) is 0 Å². The molecule has 1 aromatic carbocycles. The first-order valence-electron chi connectivity index (χ1n) is 4.85. The van der Waals surface area contributed by atoms with Crippen LogP contribution in [0, 0.1) is 0 Å².